The second-order valence-electron chi connectivity index (χ2n) is 6.53. The van der Waals surface area contributed by atoms with Crippen molar-refractivity contribution in [3.8, 4) is 11.3 Å². The van der Waals surface area contributed by atoms with Crippen molar-refractivity contribution in [3.05, 3.63) is 63.1 Å². The van der Waals surface area contributed by atoms with Crippen molar-refractivity contribution in [1.29, 1.82) is 0 Å². The Bertz CT molecular complexity index is 1170. The lowest BCUT2D eigenvalue weighted by atomic mass is 10.2. The molecular weight excluding hydrogens is 376 g/mol. The van der Waals surface area contributed by atoms with Crippen LogP contribution in [0.3, 0.4) is 0 Å². The summed E-state index contributed by atoms with van der Waals surface area (Å²) in [4.78, 5) is 26.7. The fourth-order valence-electron chi connectivity index (χ4n) is 3.06. The average molecular weight is 397 g/mol. The fraction of sp³-hybridized carbons (Fsp3) is 0.250. The lowest BCUT2D eigenvalue weighted by molar-refractivity contribution is 0.789. The Morgan fingerprint density at radius 2 is 1.96 bits per heavy atom. The summed E-state index contributed by atoms with van der Waals surface area (Å²) in [6.07, 6.45) is 1.88. The first kappa shape index (κ1) is 18.0. The maximum atomic E-state index is 12.5. The van der Waals surface area contributed by atoms with Gasteiger partial charge in [0.05, 0.1) is 22.5 Å². The van der Waals surface area contributed by atoms with E-state index in [0.29, 0.717) is 11.2 Å². The molecule has 4 aromatic rings. The molecule has 1 atom stereocenters. The van der Waals surface area contributed by atoms with Gasteiger partial charge in [-0.1, -0.05) is 42.1 Å². The molecule has 4 rings (SSSR count). The SMILES string of the molecule is Cc1sc2nc([C@H](C)Sc3ncc(-c4ccccc4)n3C)[nH]c(=O)c2c1C. The van der Waals surface area contributed by atoms with Crippen LogP contribution in [0.1, 0.15) is 28.4 Å². The molecule has 3 heterocycles. The minimum absolute atomic E-state index is 0.0189. The highest BCUT2D eigenvalue weighted by Gasteiger charge is 2.18. The number of aromatic nitrogens is 4. The quantitative estimate of drug-likeness (QED) is 0.501. The smallest absolute Gasteiger partial charge is 0.259 e. The molecular formula is C20H20N4OS2. The first-order valence-corrected chi connectivity index (χ1v) is 10.4. The summed E-state index contributed by atoms with van der Waals surface area (Å²) in [7, 11) is 2.01. The molecule has 27 heavy (non-hydrogen) atoms. The molecule has 0 aliphatic rings. The molecule has 1 aromatic carbocycles. The molecule has 0 aliphatic carbocycles. The number of rotatable bonds is 4. The van der Waals surface area contributed by atoms with Crippen molar-refractivity contribution in [1.82, 2.24) is 19.5 Å². The summed E-state index contributed by atoms with van der Waals surface area (Å²) in [6, 6.07) is 10.2. The van der Waals surface area contributed by atoms with Crippen LogP contribution in [-0.2, 0) is 7.05 Å². The summed E-state index contributed by atoms with van der Waals surface area (Å²) in [6.45, 7) is 6.04. The van der Waals surface area contributed by atoms with Gasteiger partial charge in [-0.05, 0) is 31.9 Å². The monoisotopic (exact) mass is 396 g/mol. The Kier molecular flexibility index (Phi) is 4.65. The third-order valence-corrected chi connectivity index (χ3v) is 7.01. The maximum absolute atomic E-state index is 12.5. The number of thiophene rings is 1. The van der Waals surface area contributed by atoms with Gasteiger partial charge in [0.15, 0.2) is 5.16 Å². The van der Waals surface area contributed by atoms with E-state index in [1.165, 1.54) is 0 Å². The van der Waals surface area contributed by atoms with Crippen molar-refractivity contribution < 1.29 is 0 Å². The van der Waals surface area contributed by atoms with E-state index in [4.69, 9.17) is 4.98 Å². The van der Waals surface area contributed by atoms with E-state index in [0.717, 1.165) is 31.7 Å². The summed E-state index contributed by atoms with van der Waals surface area (Å²) >= 11 is 3.17. The van der Waals surface area contributed by atoms with Crippen molar-refractivity contribution in [2.75, 3.05) is 0 Å². The number of thioether (sulfide) groups is 1. The highest BCUT2D eigenvalue weighted by atomic mass is 32.2. The van der Waals surface area contributed by atoms with Gasteiger partial charge in [-0.15, -0.1) is 11.3 Å². The molecule has 3 aromatic heterocycles. The molecule has 0 fully saturated rings. The zero-order chi connectivity index (χ0) is 19.1. The van der Waals surface area contributed by atoms with E-state index in [-0.39, 0.29) is 10.8 Å². The zero-order valence-electron chi connectivity index (χ0n) is 15.6. The summed E-state index contributed by atoms with van der Waals surface area (Å²) in [5.41, 5.74) is 3.15. The summed E-state index contributed by atoms with van der Waals surface area (Å²) < 4.78 is 2.08. The number of benzene rings is 1. The molecule has 0 saturated heterocycles. The van der Waals surface area contributed by atoms with E-state index in [2.05, 4.69) is 26.7 Å². The van der Waals surface area contributed by atoms with Crippen LogP contribution in [0.15, 0.2) is 46.5 Å². The number of aromatic amines is 1. The Hall–Kier alpha value is -2.38. The number of H-pyrrole nitrogens is 1. The van der Waals surface area contributed by atoms with Gasteiger partial charge in [-0.3, -0.25) is 4.79 Å². The molecule has 0 bridgehead atoms. The highest BCUT2D eigenvalue weighted by molar-refractivity contribution is 7.99. The number of hydrogen-bond acceptors (Lipinski definition) is 5. The van der Waals surface area contributed by atoms with Crippen LogP contribution >= 0.6 is 23.1 Å². The van der Waals surface area contributed by atoms with Gasteiger partial charge in [-0.25, -0.2) is 9.97 Å². The molecule has 138 valence electrons. The van der Waals surface area contributed by atoms with Crippen molar-refractivity contribution in [2.24, 2.45) is 7.05 Å². The van der Waals surface area contributed by atoms with E-state index < -0.39 is 0 Å². The second-order valence-corrected chi connectivity index (χ2v) is 9.04. The maximum Gasteiger partial charge on any atom is 0.259 e. The Labute approximate surface area is 165 Å². The van der Waals surface area contributed by atoms with Crippen LogP contribution in [-0.4, -0.2) is 19.5 Å². The van der Waals surface area contributed by atoms with Crippen LogP contribution in [0.2, 0.25) is 0 Å². The molecule has 7 heteroatoms. The topological polar surface area (TPSA) is 63.6 Å². The molecule has 0 amide bonds. The zero-order valence-corrected chi connectivity index (χ0v) is 17.2. The van der Waals surface area contributed by atoms with E-state index in [9.17, 15) is 4.79 Å². The minimum Gasteiger partial charge on any atom is -0.322 e. The number of fused-ring (bicyclic) bond motifs is 1. The first-order chi connectivity index (χ1) is 13.0. The first-order valence-electron chi connectivity index (χ1n) is 8.69. The minimum atomic E-state index is -0.0610. The van der Waals surface area contributed by atoms with Crippen LogP contribution in [0.5, 0.6) is 0 Å². The Morgan fingerprint density at radius 1 is 1.22 bits per heavy atom. The molecule has 1 N–H and O–H groups in total. The number of nitrogens with one attached hydrogen (secondary N) is 1. The van der Waals surface area contributed by atoms with Gasteiger partial charge in [0.1, 0.15) is 10.7 Å². The molecule has 0 aliphatic heterocycles. The normalized spacial score (nSPS) is 12.6. The standard InChI is InChI=1S/C20H20N4OS2/c1-11-12(2)26-19-16(11)18(25)22-17(23-19)13(3)27-20-21-10-15(24(20)4)14-8-6-5-7-9-14/h5-10,13H,1-4H3,(H,22,23,25)/t13-/m0/s1. The number of imidazole rings is 1. The lowest BCUT2D eigenvalue weighted by Gasteiger charge is -2.11. The highest BCUT2D eigenvalue weighted by Crippen LogP contribution is 2.35. The van der Waals surface area contributed by atoms with Crippen molar-refractivity contribution >= 4 is 33.3 Å². The molecule has 0 unspecified atom stereocenters. The summed E-state index contributed by atoms with van der Waals surface area (Å²) in [5.74, 6) is 0.683. The molecule has 0 saturated carbocycles. The Morgan fingerprint density at radius 3 is 2.70 bits per heavy atom. The van der Waals surface area contributed by atoms with Crippen molar-refractivity contribution in [3.63, 3.8) is 0 Å². The van der Waals surface area contributed by atoms with Gasteiger partial charge in [0, 0.05) is 11.9 Å². The molecule has 5 nitrogen and oxygen atoms in total. The predicted molar refractivity (Wildman–Crippen MR) is 113 cm³/mol. The van der Waals surface area contributed by atoms with Crippen molar-refractivity contribution in [2.45, 2.75) is 31.2 Å². The van der Waals surface area contributed by atoms with Gasteiger partial charge in [0.2, 0.25) is 0 Å². The van der Waals surface area contributed by atoms with Crippen LogP contribution in [0, 0.1) is 13.8 Å². The Balaban J connectivity index is 1.65. The number of aryl methyl sites for hydroxylation is 2. The average Bonchev–Trinajstić information content (AvgIpc) is 3.16. The van der Waals surface area contributed by atoms with E-state index in [1.54, 1.807) is 23.1 Å². The second kappa shape index (κ2) is 6.98. The molecule has 0 spiro atoms. The van der Waals surface area contributed by atoms with Gasteiger partial charge < -0.3 is 9.55 Å². The fourth-order valence-corrected chi connectivity index (χ4v) is 5.00. The van der Waals surface area contributed by atoms with Gasteiger partial charge in [0.25, 0.3) is 5.56 Å². The van der Waals surface area contributed by atoms with Gasteiger partial charge in [-0.2, -0.15) is 0 Å². The molecule has 0 radical (unpaired) electrons. The van der Waals surface area contributed by atoms with E-state index >= 15 is 0 Å². The largest absolute Gasteiger partial charge is 0.322 e. The van der Waals surface area contributed by atoms with E-state index in [1.807, 2.05) is 52.2 Å². The van der Waals surface area contributed by atoms with Crippen LogP contribution in [0.4, 0.5) is 0 Å². The third-order valence-electron chi connectivity index (χ3n) is 4.74. The number of nitrogens with zero attached hydrogens (tertiary/aromatic N) is 3. The van der Waals surface area contributed by atoms with Crippen LogP contribution < -0.4 is 5.56 Å². The lowest BCUT2D eigenvalue weighted by Crippen LogP contribution is -2.12. The number of hydrogen-bond donors (Lipinski definition) is 1. The van der Waals surface area contributed by atoms with Crippen LogP contribution in [0.25, 0.3) is 21.5 Å². The third kappa shape index (κ3) is 3.21. The predicted octanol–water partition coefficient (Wildman–Crippen LogP) is 4.86. The van der Waals surface area contributed by atoms with Gasteiger partial charge >= 0.3 is 0 Å². The summed E-state index contributed by atoms with van der Waals surface area (Å²) in [5, 5.41) is 1.58.